The van der Waals surface area contributed by atoms with Crippen molar-refractivity contribution in [3.05, 3.63) is 84.7 Å². The van der Waals surface area contributed by atoms with Crippen molar-refractivity contribution in [3.63, 3.8) is 0 Å². The summed E-state index contributed by atoms with van der Waals surface area (Å²) in [5.41, 5.74) is 2.04. The maximum atomic E-state index is 13.2. The molecule has 2 amide bonds. The van der Waals surface area contributed by atoms with Crippen LogP contribution in [0.3, 0.4) is 0 Å². The Bertz CT molecular complexity index is 1180. The molecule has 1 fully saturated rings. The Morgan fingerprint density at radius 1 is 1.09 bits per heavy atom. The zero-order valence-corrected chi connectivity index (χ0v) is 20.1. The first-order valence-corrected chi connectivity index (χ1v) is 12.6. The first-order valence-electron chi connectivity index (χ1n) is 10.8. The molecule has 1 aromatic heterocycles. The van der Waals surface area contributed by atoms with Gasteiger partial charge in [0.25, 0.3) is 5.76 Å². The van der Waals surface area contributed by atoms with Gasteiger partial charge in [-0.1, -0.05) is 47.8 Å². The van der Waals surface area contributed by atoms with E-state index in [1.807, 2.05) is 36.4 Å². The van der Waals surface area contributed by atoms with Crippen LogP contribution in [0.2, 0.25) is 0 Å². The van der Waals surface area contributed by atoms with Crippen molar-refractivity contribution in [2.24, 2.45) is 4.99 Å². The molecule has 2 aromatic carbocycles. The fourth-order valence-corrected chi connectivity index (χ4v) is 5.10. The van der Waals surface area contributed by atoms with Crippen LogP contribution in [0.5, 0.6) is 0 Å². The van der Waals surface area contributed by atoms with Crippen molar-refractivity contribution < 1.29 is 18.4 Å². The van der Waals surface area contributed by atoms with E-state index >= 15 is 0 Å². The van der Waals surface area contributed by atoms with Gasteiger partial charge in [-0.05, 0) is 48.5 Å². The maximum absolute atomic E-state index is 13.2. The molecule has 2 heterocycles. The molecule has 4 rings (SSSR count). The molecule has 0 saturated carbocycles. The summed E-state index contributed by atoms with van der Waals surface area (Å²) in [6.45, 7) is 0.359. The Balaban J connectivity index is 1.50. The van der Waals surface area contributed by atoms with E-state index in [2.05, 4.69) is 15.3 Å². The van der Waals surface area contributed by atoms with Crippen molar-refractivity contribution in [2.45, 2.75) is 28.7 Å². The Morgan fingerprint density at radius 2 is 1.83 bits per heavy atom. The molecule has 0 aliphatic carbocycles. The molecule has 1 atom stereocenters. The summed E-state index contributed by atoms with van der Waals surface area (Å²) in [4.78, 5) is 36.7. The summed E-state index contributed by atoms with van der Waals surface area (Å²) in [5.74, 6) is -2.96. The molecule has 0 spiro atoms. The molecule has 6 nitrogen and oxygen atoms in total. The van der Waals surface area contributed by atoms with Gasteiger partial charge in [0.15, 0.2) is 5.17 Å². The van der Waals surface area contributed by atoms with Crippen LogP contribution in [-0.4, -0.2) is 44.4 Å². The average molecular weight is 513 g/mol. The van der Waals surface area contributed by atoms with Crippen molar-refractivity contribution in [1.82, 2.24) is 9.88 Å². The molecular formula is C25H22F2N4O2S2. The number of rotatable bonds is 9. The van der Waals surface area contributed by atoms with Gasteiger partial charge in [0.2, 0.25) is 11.8 Å². The van der Waals surface area contributed by atoms with Crippen molar-refractivity contribution >= 4 is 51.9 Å². The van der Waals surface area contributed by atoms with Gasteiger partial charge in [-0.25, -0.2) is 4.99 Å². The number of aromatic nitrogens is 1. The van der Waals surface area contributed by atoms with Crippen LogP contribution in [0.15, 0.2) is 88.9 Å². The lowest BCUT2D eigenvalue weighted by atomic mass is 10.2. The number of carbonyl (C=O) groups excluding carboxylic acids is 2. The Morgan fingerprint density at radius 3 is 2.51 bits per heavy atom. The number of thioether (sulfide) groups is 2. The Hall–Kier alpha value is -3.24. The number of amidine groups is 1. The number of aliphatic imine (C=N–C) groups is 1. The first kappa shape index (κ1) is 24.9. The van der Waals surface area contributed by atoms with Crippen LogP contribution in [0, 0.1) is 0 Å². The van der Waals surface area contributed by atoms with E-state index in [9.17, 15) is 18.4 Å². The zero-order valence-electron chi connectivity index (χ0n) is 18.5. The second-order valence-corrected chi connectivity index (χ2v) is 9.79. The minimum absolute atomic E-state index is 0.00146. The highest BCUT2D eigenvalue weighted by Crippen LogP contribution is 2.33. The van der Waals surface area contributed by atoms with Crippen LogP contribution < -0.4 is 5.32 Å². The molecule has 1 N–H and O–H groups in total. The Kier molecular flexibility index (Phi) is 8.49. The largest absolute Gasteiger partial charge is 0.326 e. The highest BCUT2D eigenvalue weighted by atomic mass is 32.2. The summed E-state index contributed by atoms with van der Waals surface area (Å²) in [7, 11) is 0. The van der Waals surface area contributed by atoms with Crippen LogP contribution in [0.25, 0.3) is 0 Å². The van der Waals surface area contributed by atoms with Crippen LogP contribution in [0.4, 0.5) is 20.2 Å². The number of hydrogen-bond acceptors (Lipinski definition) is 6. The molecule has 10 heteroatoms. The van der Waals surface area contributed by atoms with Gasteiger partial charge in [-0.3, -0.25) is 19.5 Å². The quantitative estimate of drug-likeness (QED) is 0.378. The predicted octanol–water partition coefficient (Wildman–Crippen LogP) is 5.60. The van der Waals surface area contributed by atoms with Gasteiger partial charge < -0.3 is 5.32 Å². The third kappa shape index (κ3) is 7.12. The fraction of sp³-hybridized carbons (Fsp3) is 0.200. The number of hydrogen-bond donors (Lipinski definition) is 1. The lowest BCUT2D eigenvalue weighted by molar-refractivity contribution is -0.128. The van der Waals surface area contributed by atoms with E-state index in [-0.39, 0.29) is 18.2 Å². The van der Waals surface area contributed by atoms with E-state index in [4.69, 9.17) is 0 Å². The third-order valence-electron chi connectivity index (χ3n) is 5.05. The van der Waals surface area contributed by atoms with Crippen LogP contribution in [0.1, 0.15) is 12.1 Å². The summed E-state index contributed by atoms with van der Waals surface area (Å²) in [5, 5.41) is 2.67. The smallest absolute Gasteiger partial charge is 0.288 e. The van der Waals surface area contributed by atoms with E-state index in [1.165, 1.54) is 11.8 Å². The number of para-hydroxylation sites is 1. The number of nitrogens with zero attached hydrogens (tertiary/aromatic N) is 3. The van der Waals surface area contributed by atoms with Crippen molar-refractivity contribution in [2.75, 3.05) is 11.9 Å². The molecule has 3 aromatic rings. The molecule has 1 saturated heterocycles. The number of pyridine rings is 1. The monoisotopic (exact) mass is 512 g/mol. The molecule has 0 radical (unpaired) electrons. The molecular weight excluding hydrogens is 490 g/mol. The van der Waals surface area contributed by atoms with Gasteiger partial charge in [-0.2, -0.15) is 8.78 Å². The van der Waals surface area contributed by atoms with E-state index in [0.717, 1.165) is 5.69 Å². The highest BCUT2D eigenvalue weighted by Gasteiger charge is 2.39. The molecule has 1 aliphatic heterocycles. The van der Waals surface area contributed by atoms with Gasteiger partial charge in [0.1, 0.15) is 5.25 Å². The third-order valence-corrected chi connectivity index (χ3v) is 6.95. The predicted molar refractivity (Wildman–Crippen MR) is 136 cm³/mol. The van der Waals surface area contributed by atoms with E-state index in [0.29, 0.717) is 46.2 Å². The van der Waals surface area contributed by atoms with Gasteiger partial charge in [0, 0.05) is 41.9 Å². The zero-order chi connectivity index (χ0) is 24.6. The summed E-state index contributed by atoms with van der Waals surface area (Å²) < 4.78 is 25.2. The maximum Gasteiger partial charge on any atom is 0.288 e. The molecule has 1 unspecified atom stereocenters. The fourth-order valence-electron chi connectivity index (χ4n) is 3.42. The summed E-state index contributed by atoms with van der Waals surface area (Å²) in [6.07, 6.45) is 2.22. The van der Waals surface area contributed by atoms with E-state index in [1.54, 1.807) is 47.5 Å². The number of amides is 2. The lowest BCUT2D eigenvalue weighted by Gasteiger charge is -2.16. The summed E-state index contributed by atoms with van der Waals surface area (Å²) >= 11 is 1.69. The number of halogens is 2. The SMILES string of the molecule is O=C(CC1SC(=Nc2ccc(SC(F)F)cc2)N(CCc2ccccn2)C1=O)Nc1ccccc1. The van der Waals surface area contributed by atoms with E-state index < -0.39 is 11.0 Å². The molecule has 180 valence electrons. The molecule has 1 aliphatic rings. The Labute approximate surface area is 210 Å². The van der Waals surface area contributed by atoms with Crippen LogP contribution >= 0.6 is 23.5 Å². The van der Waals surface area contributed by atoms with Gasteiger partial charge >= 0.3 is 0 Å². The van der Waals surface area contributed by atoms with Gasteiger partial charge in [0.05, 0.1) is 5.69 Å². The second-order valence-electron chi connectivity index (χ2n) is 7.55. The van der Waals surface area contributed by atoms with Crippen molar-refractivity contribution in [1.29, 1.82) is 0 Å². The normalized spacial score (nSPS) is 16.8. The number of carbonyl (C=O) groups is 2. The lowest BCUT2D eigenvalue weighted by Crippen LogP contribution is -2.35. The minimum Gasteiger partial charge on any atom is -0.326 e. The number of alkyl halides is 2. The van der Waals surface area contributed by atoms with Crippen LogP contribution in [-0.2, 0) is 16.0 Å². The molecule has 35 heavy (non-hydrogen) atoms. The number of benzene rings is 2. The first-order chi connectivity index (χ1) is 17.0. The topological polar surface area (TPSA) is 74.7 Å². The number of nitrogens with one attached hydrogen (secondary N) is 1. The molecule has 0 bridgehead atoms. The second kappa shape index (κ2) is 11.9. The van der Waals surface area contributed by atoms with Gasteiger partial charge in [-0.15, -0.1) is 0 Å². The van der Waals surface area contributed by atoms with Crippen molar-refractivity contribution in [3.8, 4) is 0 Å². The number of anilines is 1. The highest BCUT2D eigenvalue weighted by molar-refractivity contribution is 8.15. The standard InChI is InChI=1S/C25H22F2N4O2S2/c26-24(27)34-20-11-9-19(10-12-20)30-25-31(15-13-17-6-4-5-14-28-17)23(33)21(35-25)16-22(32)29-18-7-2-1-3-8-18/h1-12,14,21,24H,13,15-16H2,(H,29,32). The minimum atomic E-state index is -2.50. The average Bonchev–Trinajstić information content (AvgIpc) is 3.13. The summed E-state index contributed by atoms with van der Waals surface area (Å²) in [6, 6.07) is 21.1.